The van der Waals surface area contributed by atoms with Crippen molar-refractivity contribution >= 4 is 11.9 Å². The van der Waals surface area contributed by atoms with E-state index in [1.807, 2.05) is 19.1 Å². The second-order valence-electron chi connectivity index (χ2n) is 3.68. The predicted molar refractivity (Wildman–Crippen MR) is 52.0 cm³/mol. The molecule has 0 atom stereocenters. The Hall–Kier alpha value is -1.71. The van der Waals surface area contributed by atoms with Crippen LogP contribution in [0.15, 0.2) is 18.3 Å². The molecule has 1 fully saturated rings. The number of nitrogens with zero attached hydrogens (tertiary/aromatic N) is 1. The number of hydrogen-bond acceptors (Lipinski definition) is 4. The highest BCUT2D eigenvalue weighted by Crippen LogP contribution is 2.27. The Balaban J connectivity index is 2.23. The maximum Gasteiger partial charge on any atom is 0.314 e. The van der Waals surface area contributed by atoms with E-state index in [9.17, 15) is 9.59 Å². The van der Waals surface area contributed by atoms with Crippen LogP contribution >= 0.6 is 0 Å². The summed E-state index contributed by atoms with van der Waals surface area (Å²) in [5.41, 5.74) is 1.87. The summed E-state index contributed by atoms with van der Waals surface area (Å²) < 4.78 is 4.47. The lowest BCUT2D eigenvalue weighted by Gasteiger charge is -2.19. The fourth-order valence-electron chi connectivity index (χ4n) is 1.74. The van der Waals surface area contributed by atoms with Gasteiger partial charge in [0.1, 0.15) is 0 Å². The van der Waals surface area contributed by atoms with E-state index in [1.165, 1.54) is 0 Å². The molecule has 0 unspecified atom stereocenters. The van der Waals surface area contributed by atoms with E-state index >= 15 is 0 Å². The Morgan fingerprint density at radius 3 is 2.60 bits per heavy atom. The van der Waals surface area contributed by atoms with E-state index in [4.69, 9.17) is 0 Å². The molecule has 78 valence electrons. The van der Waals surface area contributed by atoms with Crippen molar-refractivity contribution in [1.82, 2.24) is 4.98 Å². The Morgan fingerprint density at radius 1 is 1.33 bits per heavy atom. The largest absolute Gasteiger partial charge is 0.393 e. The SMILES string of the molecule is Cc1cc(C2CC(=O)OC(=O)C2)ccn1. The summed E-state index contributed by atoms with van der Waals surface area (Å²) in [5, 5.41) is 0. The van der Waals surface area contributed by atoms with Gasteiger partial charge in [-0.25, -0.2) is 0 Å². The van der Waals surface area contributed by atoms with Crippen LogP contribution in [0.4, 0.5) is 0 Å². The van der Waals surface area contributed by atoms with Crippen LogP contribution in [-0.2, 0) is 14.3 Å². The third-order valence-electron chi connectivity index (χ3n) is 2.45. The summed E-state index contributed by atoms with van der Waals surface area (Å²) in [6, 6.07) is 3.74. The molecule has 2 heterocycles. The molecule has 0 aromatic carbocycles. The van der Waals surface area contributed by atoms with Crippen LogP contribution in [0.25, 0.3) is 0 Å². The van der Waals surface area contributed by atoms with Crippen molar-refractivity contribution in [3.63, 3.8) is 0 Å². The van der Waals surface area contributed by atoms with Crippen LogP contribution in [0.1, 0.15) is 30.0 Å². The lowest BCUT2D eigenvalue weighted by Crippen LogP contribution is -2.24. The number of cyclic esters (lactones) is 2. The number of aromatic nitrogens is 1. The number of aryl methyl sites for hydroxylation is 1. The third kappa shape index (κ3) is 2.21. The van der Waals surface area contributed by atoms with Crippen LogP contribution in [0.2, 0.25) is 0 Å². The molecule has 1 aromatic rings. The maximum atomic E-state index is 11.1. The molecule has 4 nitrogen and oxygen atoms in total. The first-order valence-electron chi connectivity index (χ1n) is 4.81. The molecule has 0 N–H and O–H groups in total. The molecule has 0 spiro atoms. The van der Waals surface area contributed by atoms with Gasteiger partial charge in [0.15, 0.2) is 0 Å². The number of carbonyl (C=O) groups excluding carboxylic acids is 2. The molecule has 0 aliphatic carbocycles. The highest BCUT2D eigenvalue weighted by atomic mass is 16.6. The van der Waals surface area contributed by atoms with E-state index in [2.05, 4.69) is 9.72 Å². The van der Waals surface area contributed by atoms with Crippen molar-refractivity contribution in [1.29, 1.82) is 0 Å². The first-order valence-corrected chi connectivity index (χ1v) is 4.81. The zero-order chi connectivity index (χ0) is 10.8. The van der Waals surface area contributed by atoms with Gasteiger partial charge in [0, 0.05) is 17.8 Å². The summed E-state index contributed by atoms with van der Waals surface area (Å²) in [7, 11) is 0. The summed E-state index contributed by atoms with van der Waals surface area (Å²) in [6.07, 6.45) is 2.24. The molecule has 2 rings (SSSR count). The Bertz CT molecular complexity index is 398. The maximum absolute atomic E-state index is 11.1. The van der Waals surface area contributed by atoms with Crippen molar-refractivity contribution in [2.45, 2.75) is 25.7 Å². The second-order valence-corrected chi connectivity index (χ2v) is 3.68. The lowest BCUT2D eigenvalue weighted by atomic mass is 9.91. The summed E-state index contributed by atoms with van der Waals surface area (Å²) in [4.78, 5) is 26.2. The molecule has 1 aliphatic rings. The quantitative estimate of drug-likeness (QED) is 0.512. The fraction of sp³-hybridized carbons (Fsp3) is 0.364. The minimum absolute atomic E-state index is 0.0551. The molecule has 4 heteroatoms. The van der Waals surface area contributed by atoms with Gasteiger partial charge >= 0.3 is 11.9 Å². The van der Waals surface area contributed by atoms with Gasteiger partial charge in [-0.05, 0) is 24.6 Å². The summed E-state index contributed by atoms with van der Waals surface area (Å²) in [6.45, 7) is 1.88. The summed E-state index contributed by atoms with van der Waals surface area (Å²) in [5.74, 6) is -0.933. The van der Waals surface area contributed by atoms with Gasteiger partial charge < -0.3 is 4.74 Å². The minimum atomic E-state index is -0.439. The minimum Gasteiger partial charge on any atom is -0.393 e. The van der Waals surface area contributed by atoms with Crippen LogP contribution in [0.3, 0.4) is 0 Å². The molecule has 1 aromatic heterocycles. The van der Waals surface area contributed by atoms with Crippen molar-refractivity contribution in [2.75, 3.05) is 0 Å². The highest BCUT2D eigenvalue weighted by molar-refractivity contribution is 5.89. The van der Waals surface area contributed by atoms with Gasteiger partial charge in [0.2, 0.25) is 0 Å². The Labute approximate surface area is 87.3 Å². The first-order chi connectivity index (χ1) is 7.15. The third-order valence-corrected chi connectivity index (χ3v) is 2.45. The molecule has 0 amide bonds. The van der Waals surface area contributed by atoms with Gasteiger partial charge in [0.25, 0.3) is 0 Å². The van der Waals surface area contributed by atoms with Crippen LogP contribution in [-0.4, -0.2) is 16.9 Å². The second kappa shape index (κ2) is 3.81. The van der Waals surface area contributed by atoms with E-state index in [0.717, 1.165) is 11.3 Å². The molecule has 15 heavy (non-hydrogen) atoms. The van der Waals surface area contributed by atoms with Gasteiger partial charge in [-0.2, -0.15) is 0 Å². The average molecular weight is 205 g/mol. The molecule has 1 aliphatic heterocycles. The molecule has 0 bridgehead atoms. The van der Waals surface area contributed by atoms with Crippen molar-refractivity contribution < 1.29 is 14.3 Å². The van der Waals surface area contributed by atoms with E-state index < -0.39 is 11.9 Å². The first kappa shape index (κ1) is 9.83. The van der Waals surface area contributed by atoms with Crippen LogP contribution < -0.4 is 0 Å². The standard InChI is InChI=1S/C11H11NO3/c1-7-4-8(2-3-12-7)9-5-10(13)15-11(14)6-9/h2-4,9H,5-6H2,1H3. The lowest BCUT2D eigenvalue weighted by molar-refractivity contribution is -0.163. The number of ether oxygens (including phenoxy) is 1. The smallest absolute Gasteiger partial charge is 0.314 e. The molecular weight excluding hydrogens is 194 g/mol. The van der Waals surface area contributed by atoms with Crippen LogP contribution in [0, 0.1) is 6.92 Å². The van der Waals surface area contributed by atoms with Crippen molar-refractivity contribution in [3.05, 3.63) is 29.6 Å². The number of pyridine rings is 1. The van der Waals surface area contributed by atoms with E-state index in [0.29, 0.717) is 0 Å². The average Bonchev–Trinajstić information content (AvgIpc) is 2.16. The molecule has 0 radical (unpaired) electrons. The fourth-order valence-corrected chi connectivity index (χ4v) is 1.74. The number of esters is 2. The van der Waals surface area contributed by atoms with E-state index in [-0.39, 0.29) is 18.8 Å². The van der Waals surface area contributed by atoms with Crippen LogP contribution in [0.5, 0.6) is 0 Å². The van der Waals surface area contributed by atoms with E-state index in [1.54, 1.807) is 6.20 Å². The predicted octanol–water partition coefficient (Wildman–Crippen LogP) is 1.34. The Kier molecular flexibility index (Phi) is 2.49. The Morgan fingerprint density at radius 2 is 2.00 bits per heavy atom. The molecule has 1 saturated heterocycles. The van der Waals surface area contributed by atoms with Gasteiger partial charge in [-0.3, -0.25) is 14.6 Å². The topological polar surface area (TPSA) is 56.3 Å². The zero-order valence-corrected chi connectivity index (χ0v) is 8.40. The molecular formula is C11H11NO3. The number of rotatable bonds is 1. The number of hydrogen-bond donors (Lipinski definition) is 0. The van der Waals surface area contributed by atoms with Crippen molar-refractivity contribution in [2.24, 2.45) is 0 Å². The zero-order valence-electron chi connectivity index (χ0n) is 8.40. The number of carbonyl (C=O) groups is 2. The molecule has 0 saturated carbocycles. The normalized spacial score (nSPS) is 17.7. The van der Waals surface area contributed by atoms with Gasteiger partial charge in [-0.1, -0.05) is 0 Å². The highest BCUT2D eigenvalue weighted by Gasteiger charge is 2.28. The summed E-state index contributed by atoms with van der Waals surface area (Å²) >= 11 is 0. The van der Waals surface area contributed by atoms with Gasteiger partial charge in [0.05, 0.1) is 12.8 Å². The van der Waals surface area contributed by atoms with Crippen molar-refractivity contribution in [3.8, 4) is 0 Å². The monoisotopic (exact) mass is 205 g/mol. The van der Waals surface area contributed by atoms with Gasteiger partial charge in [-0.15, -0.1) is 0 Å².